The monoisotopic (exact) mass is 398 g/mol. The summed E-state index contributed by atoms with van der Waals surface area (Å²) in [5, 5.41) is 2.86. The van der Waals surface area contributed by atoms with E-state index in [1.54, 1.807) is 31.2 Å². The number of amides is 1. The normalized spacial score (nSPS) is 10.9. The van der Waals surface area contributed by atoms with Crippen LogP contribution in [0.3, 0.4) is 0 Å². The Morgan fingerprint density at radius 3 is 2.41 bits per heavy atom. The number of hydrogen-bond acceptors (Lipinski definition) is 6. The Kier molecular flexibility index (Phi) is 7.09. The molecule has 1 heterocycles. The third-order valence-electron chi connectivity index (χ3n) is 4.07. The summed E-state index contributed by atoms with van der Waals surface area (Å²) in [6, 6.07) is 7.95. The van der Waals surface area contributed by atoms with Crippen molar-refractivity contribution in [2.24, 2.45) is 5.41 Å². The van der Waals surface area contributed by atoms with Gasteiger partial charge in [-0.1, -0.05) is 26.8 Å². The minimum Gasteiger partial charge on any atom is -0.481 e. The number of aldehydes is 1. The first kappa shape index (κ1) is 22.1. The third-order valence-corrected chi connectivity index (χ3v) is 4.07. The number of pyridine rings is 1. The molecule has 1 aromatic carbocycles. The Morgan fingerprint density at radius 2 is 1.83 bits per heavy atom. The summed E-state index contributed by atoms with van der Waals surface area (Å²) >= 11 is 0. The van der Waals surface area contributed by atoms with Gasteiger partial charge in [0.15, 0.2) is 6.29 Å². The van der Waals surface area contributed by atoms with E-state index >= 15 is 0 Å². The summed E-state index contributed by atoms with van der Waals surface area (Å²) in [5.41, 5.74) is 1.46. The van der Waals surface area contributed by atoms with Crippen LogP contribution in [-0.4, -0.2) is 43.4 Å². The van der Waals surface area contributed by atoms with Crippen LogP contribution in [0.25, 0.3) is 11.1 Å². The maximum atomic E-state index is 12.6. The van der Waals surface area contributed by atoms with Gasteiger partial charge in [-0.05, 0) is 36.1 Å². The number of esters is 1. The molecular weight excluding hydrogens is 372 g/mol. The summed E-state index contributed by atoms with van der Waals surface area (Å²) in [4.78, 5) is 40.8. The van der Waals surface area contributed by atoms with Gasteiger partial charge in [-0.15, -0.1) is 0 Å². The highest BCUT2D eigenvalue weighted by molar-refractivity contribution is 6.03. The average molecular weight is 398 g/mol. The molecule has 0 spiro atoms. The zero-order chi connectivity index (χ0) is 21.6. The lowest BCUT2D eigenvalue weighted by molar-refractivity contribution is 0.0527. The molecule has 0 bridgehead atoms. The summed E-state index contributed by atoms with van der Waals surface area (Å²) in [6.45, 7) is 8.40. The van der Waals surface area contributed by atoms with Gasteiger partial charge in [0.2, 0.25) is 5.88 Å². The molecule has 0 unspecified atom stereocenters. The van der Waals surface area contributed by atoms with Crippen LogP contribution in [0.5, 0.6) is 5.88 Å². The molecule has 0 aliphatic heterocycles. The number of aromatic nitrogens is 1. The highest BCUT2D eigenvalue weighted by Gasteiger charge is 2.21. The first-order valence-corrected chi connectivity index (χ1v) is 9.30. The highest BCUT2D eigenvalue weighted by atomic mass is 16.5. The van der Waals surface area contributed by atoms with E-state index in [1.807, 2.05) is 20.8 Å². The van der Waals surface area contributed by atoms with Crippen LogP contribution >= 0.6 is 0 Å². The molecule has 1 N–H and O–H groups in total. The molecule has 0 saturated heterocycles. The molecule has 29 heavy (non-hydrogen) atoms. The highest BCUT2D eigenvalue weighted by Crippen LogP contribution is 2.29. The quantitative estimate of drug-likeness (QED) is 0.566. The van der Waals surface area contributed by atoms with Crippen LogP contribution in [0.1, 0.15) is 58.9 Å². The van der Waals surface area contributed by atoms with Gasteiger partial charge in [0.05, 0.1) is 19.3 Å². The lowest BCUT2D eigenvalue weighted by Gasteiger charge is -2.19. The summed E-state index contributed by atoms with van der Waals surface area (Å²) in [5.74, 6) is -0.590. The number of carbonyl (C=O) groups excluding carboxylic acids is 3. The maximum Gasteiger partial charge on any atom is 0.338 e. The number of ether oxygens (including phenoxy) is 2. The minimum atomic E-state index is -0.583. The van der Waals surface area contributed by atoms with Crippen molar-refractivity contribution in [3.63, 3.8) is 0 Å². The molecular formula is C22H26N2O5. The van der Waals surface area contributed by atoms with Crippen molar-refractivity contribution in [2.45, 2.75) is 27.7 Å². The average Bonchev–Trinajstić information content (AvgIpc) is 2.70. The van der Waals surface area contributed by atoms with Crippen molar-refractivity contribution in [3.8, 4) is 17.0 Å². The Balaban J connectivity index is 2.52. The Labute approximate surface area is 170 Å². The Hall–Kier alpha value is -3.22. The largest absolute Gasteiger partial charge is 0.481 e. The number of nitrogens with zero attached hydrogens (tertiary/aromatic N) is 1. The van der Waals surface area contributed by atoms with Crippen LogP contribution in [0.2, 0.25) is 0 Å². The van der Waals surface area contributed by atoms with Crippen molar-refractivity contribution >= 4 is 18.2 Å². The van der Waals surface area contributed by atoms with Crippen molar-refractivity contribution in [1.29, 1.82) is 0 Å². The lowest BCUT2D eigenvalue weighted by atomic mass is 9.95. The predicted octanol–water partition coefficient (Wildman–Crippen LogP) is 3.52. The van der Waals surface area contributed by atoms with E-state index in [0.717, 1.165) is 0 Å². The van der Waals surface area contributed by atoms with E-state index in [1.165, 1.54) is 13.2 Å². The van der Waals surface area contributed by atoms with Crippen LogP contribution in [0.15, 0.2) is 30.3 Å². The maximum absolute atomic E-state index is 12.6. The fourth-order valence-electron chi connectivity index (χ4n) is 2.63. The van der Waals surface area contributed by atoms with Crippen LogP contribution < -0.4 is 10.1 Å². The van der Waals surface area contributed by atoms with Gasteiger partial charge in [0, 0.05) is 23.7 Å². The smallest absolute Gasteiger partial charge is 0.338 e. The molecule has 0 fully saturated rings. The number of carbonyl (C=O) groups is 3. The molecule has 0 atom stereocenters. The zero-order valence-corrected chi connectivity index (χ0v) is 17.4. The van der Waals surface area contributed by atoms with Crippen LogP contribution in [-0.2, 0) is 4.74 Å². The number of methoxy groups -OCH3 is 1. The first-order valence-electron chi connectivity index (χ1n) is 9.30. The molecule has 2 rings (SSSR count). The van der Waals surface area contributed by atoms with E-state index in [2.05, 4.69) is 10.3 Å². The topological polar surface area (TPSA) is 94.6 Å². The molecule has 1 amide bonds. The van der Waals surface area contributed by atoms with Crippen molar-refractivity contribution < 1.29 is 23.9 Å². The predicted molar refractivity (Wildman–Crippen MR) is 109 cm³/mol. The second kappa shape index (κ2) is 9.32. The van der Waals surface area contributed by atoms with Gasteiger partial charge in [-0.3, -0.25) is 9.59 Å². The fraction of sp³-hybridized carbons (Fsp3) is 0.364. The molecule has 7 heteroatoms. The van der Waals surface area contributed by atoms with E-state index < -0.39 is 5.97 Å². The Bertz CT molecular complexity index is 916. The lowest BCUT2D eigenvalue weighted by Crippen LogP contribution is -2.32. The van der Waals surface area contributed by atoms with Crippen molar-refractivity contribution in [3.05, 3.63) is 47.2 Å². The van der Waals surface area contributed by atoms with Gasteiger partial charge in [0.1, 0.15) is 5.69 Å². The van der Waals surface area contributed by atoms with E-state index in [0.29, 0.717) is 29.5 Å². The first-order chi connectivity index (χ1) is 13.7. The second-order valence-electron chi connectivity index (χ2n) is 7.63. The zero-order valence-electron chi connectivity index (χ0n) is 17.4. The number of hydrogen-bond donors (Lipinski definition) is 1. The third kappa shape index (κ3) is 5.63. The number of nitrogens with one attached hydrogen (secondary N) is 1. The molecule has 0 radical (unpaired) electrons. The molecule has 0 aliphatic carbocycles. The number of rotatable bonds is 7. The molecule has 0 aliphatic rings. The summed E-state index contributed by atoms with van der Waals surface area (Å²) in [6.07, 6.45) is 0.594. The Morgan fingerprint density at radius 1 is 1.14 bits per heavy atom. The standard InChI is InChI=1S/C22H26N2O5/c1-6-29-21(27)17-11-14(20(26)23-13-22(2,3)4)7-8-15(17)16-9-10-19(28-5)24-18(16)12-25/h7-12H,6,13H2,1-5H3,(H,23,26). The molecule has 7 nitrogen and oxygen atoms in total. The summed E-state index contributed by atoms with van der Waals surface area (Å²) < 4.78 is 10.2. The molecule has 154 valence electrons. The fourth-order valence-corrected chi connectivity index (χ4v) is 2.63. The van der Waals surface area contributed by atoms with Gasteiger partial charge in [0.25, 0.3) is 5.91 Å². The SMILES string of the molecule is CCOC(=O)c1cc(C(=O)NCC(C)(C)C)ccc1-c1ccc(OC)nc1C=O. The van der Waals surface area contributed by atoms with Crippen LogP contribution in [0, 0.1) is 5.41 Å². The van der Waals surface area contributed by atoms with Crippen LogP contribution in [0.4, 0.5) is 0 Å². The van der Waals surface area contributed by atoms with Gasteiger partial charge >= 0.3 is 5.97 Å². The van der Waals surface area contributed by atoms with Gasteiger partial charge in [-0.25, -0.2) is 9.78 Å². The number of benzene rings is 1. The van der Waals surface area contributed by atoms with E-state index in [9.17, 15) is 14.4 Å². The summed E-state index contributed by atoms with van der Waals surface area (Å²) in [7, 11) is 1.45. The van der Waals surface area contributed by atoms with Gasteiger partial charge < -0.3 is 14.8 Å². The van der Waals surface area contributed by atoms with Gasteiger partial charge in [-0.2, -0.15) is 0 Å². The van der Waals surface area contributed by atoms with E-state index in [4.69, 9.17) is 9.47 Å². The minimum absolute atomic E-state index is 0.0762. The molecule has 1 aromatic heterocycles. The molecule has 2 aromatic rings. The molecule has 0 saturated carbocycles. The van der Waals surface area contributed by atoms with Crippen molar-refractivity contribution in [2.75, 3.05) is 20.3 Å². The van der Waals surface area contributed by atoms with Crippen molar-refractivity contribution in [1.82, 2.24) is 10.3 Å². The second-order valence-corrected chi connectivity index (χ2v) is 7.63. The van der Waals surface area contributed by atoms with E-state index in [-0.39, 0.29) is 35.1 Å².